The molecule has 10 heteroatoms. The molecule has 1 aromatic carbocycles. The highest BCUT2D eigenvalue weighted by Crippen LogP contribution is 2.25. The SMILES string of the molecule is CN(C)S(=O)(=O)c1cc(NC(=O)NC2CCC(C(=O)O)CC2)ccc1F. The number of carboxylic acid groups (broad SMARTS) is 1. The number of carbonyl (C=O) groups excluding carboxylic acids is 1. The van der Waals surface area contributed by atoms with Gasteiger partial charge in [-0.3, -0.25) is 4.79 Å². The van der Waals surface area contributed by atoms with Crippen LogP contribution in [0.4, 0.5) is 14.9 Å². The van der Waals surface area contributed by atoms with E-state index in [1.165, 1.54) is 20.2 Å². The maximum Gasteiger partial charge on any atom is 0.319 e. The summed E-state index contributed by atoms with van der Waals surface area (Å²) < 4.78 is 38.9. The zero-order valence-electron chi connectivity index (χ0n) is 14.5. The van der Waals surface area contributed by atoms with Crippen molar-refractivity contribution >= 4 is 27.7 Å². The maximum atomic E-state index is 13.9. The van der Waals surface area contributed by atoms with Crippen LogP contribution in [0.15, 0.2) is 23.1 Å². The third kappa shape index (κ3) is 4.70. The molecule has 26 heavy (non-hydrogen) atoms. The van der Waals surface area contributed by atoms with Crippen molar-refractivity contribution < 1.29 is 27.5 Å². The molecule has 0 atom stereocenters. The predicted molar refractivity (Wildman–Crippen MR) is 92.8 cm³/mol. The van der Waals surface area contributed by atoms with Crippen LogP contribution in [0.3, 0.4) is 0 Å². The fraction of sp³-hybridized carbons (Fsp3) is 0.500. The number of carboxylic acids is 1. The van der Waals surface area contributed by atoms with Crippen LogP contribution < -0.4 is 10.6 Å². The third-order valence-corrected chi connectivity index (χ3v) is 6.19. The lowest BCUT2D eigenvalue weighted by molar-refractivity contribution is -0.142. The molecule has 2 amide bonds. The first-order chi connectivity index (χ1) is 12.1. The number of urea groups is 1. The minimum absolute atomic E-state index is 0.142. The highest BCUT2D eigenvalue weighted by Gasteiger charge is 2.27. The van der Waals surface area contributed by atoms with Crippen LogP contribution in [0.25, 0.3) is 0 Å². The van der Waals surface area contributed by atoms with Crippen LogP contribution in [0.5, 0.6) is 0 Å². The van der Waals surface area contributed by atoms with Crippen molar-refractivity contribution in [2.75, 3.05) is 19.4 Å². The van der Waals surface area contributed by atoms with Crippen molar-refractivity contribution in [1.82, 2.24) is 9.62 Å². The van der Waals surface area contributed by atoms with Gasteiger partial charge in [-0.2, -0.15) is 0 Å². The van der Waals surface area contributed by atoms with E-state index in [-0.39, 0.29) is 17.6 Å². The standard InChI is InChI=1S/C16H22FN3O5S/c1-20(2)26(24,25)14-9-12(7-8-13(14)17)19-16(23)18-11-5-3-10(4-6-11)15(21)22/h7-11H,3-6H2,1-2H3,(H,21,22)(H2,18,19,23). The number of hydrogen-bond donors (Lipinski definition) is 3. The third-order valence-electron chi connectivity index (χ3n) is 4.36. The summed E-state index contributed by atoms with van der Waals surface area (Å²) in [6, 6.07) is 2.60. The summed E-state index contributed by atoms with van der Waals surface area (Å²) in [6.45, 7) is 0. The van der Waals surface area contributed by atoms with E-state index in [1.807, 2.05) is 0 Å². The Labute approximate surface area is 151 Å². The second kappa shape index (κ2) is 8.00. The number of rotatable bonds is 5. The number of hydrogen-bond acceptors (Lipinski definition) is 4. The molecule has 0 saturated heterocycles. The van der Waals surface area contributed by atoms with Gasteiger partial charge in [-0.25, -0.2) is 21.9 Å². The van der Waals surface area contributed by atoms with Crippen molar-refractivity contribution in [3.05, 3.63) is 24.0 Å². The molecule has 3 N–H and O–H groups in total. The molecule has 0 aliphatic heterocycles. The molecule has 0 heterocycles. The molecule has 1 aliphatic rings. The number of nitrogens with one attached hydrogen (secondary N) is 2. The molecule has 1 saturated carbocycles. The summed E-state index contributed by atoms with van der Waals surface area (Å²) in [5.41, 5.74) is 0.142. The lowest BCUT2D eigenvalue weighted by Gasteiger charge is -2.26. The Morgan fingerprint density at radius 1 is 1.19 bits per heavy atom. The molecule has 0 spiro atoms. The van der Waals surface area contributed by atoms with Crippen molar-refractivity contribution in [2.45, 2.75) is 36.6 Å². The first kappa shape index (κ1) is 20.1. The Morgan fingerprint density at radius 2 is 1.81 bits per heavy atom. The van der Waals surface area contributed by atoms with E-state index in [0.717, 1.165) is 16.4 Å². The lowest BCUT2D eigenvalue weighted by Crippen LogP contribution is -2.41. The van der Waals surface area contributed by atoms with Crippen LogP contribution in [0, 0.1) is 11.7 Å². The average Bonchev–Trinajstić information content (AvgIpc) is 2.56. The largest absolute Gasteiger partial charge is 0.481 e. The summed E-state index contributed by atoms with van der Waals surface area (Å²) in [4.78, 5) is 22.5. The smallest absolute Gasteiger partial charge is 0.319 e. The number of aliphatic carboxylic acids is 1. The number of sulfonamides is 1. The Morgan fingerprint density at radius 3 is 2.35 bits per heavy atom. The number of anilines is 1. The molecule has 0 unspecified atom stereocenters. The summed E-state index contributed by atoms with van der Waals surface area (Å²) in [5, 5.41) is 14.2. The lowest BCUT2D eigenvalue weighted by atomic mass is 9.86. The maximum absolute atomic E-state index is 13.9. The van der Waals surface area contributed by atoms with Crippen LogP contribution in [-0.2, 0) is 14.8 Å². The average molecular weight is 387 g/mol. The van der Waals surface area contributed by atoms with Crippen LogP contribution in [-0.4, -0.2) is 50.0 Å². The highest BCUT2D eigenvalue weighted by atomic mass is 32.2. The second-order valence-electron chi connectivity index (χ2n) is 6.42. The summed E-state index contributed by atoms with van der Waals surface area (Å²) in [6.07, 6.45) is 2.08. The Balaban J connectivity index is 2.01. The fourth-order valence-electron chi connectivity index (χ4n) is 2.81. The highest BCUT2D eigenvalue weighted by molar-refractivity contribution is 7.89. The van der Waals surface area contributed by atoms with Gasteiger partial charge in [0, 0.05) is 25.8 Å². The Bertz CT molecular complexity index is 789. The molecule has 1 fully saturated rings. The molecule has 8 nitrogen and oxygen atoms in total. The van der Waals surface area contributed by atoms with E-state index < -0.39 is 32.7 Å². The summed E-state index contributed by atoms with van der Waals surface area (Å²) in [5.74, 6) is -2.11. The van der Waals surface area contributed by atoms with E-state index in [1.54, 1.807) is 0 Å². The Kier molecular flexibility index (Phi) is 6.19. The zero-order chi connectivity index (χ0) is 19.5. The fourth-order valence-corrected chi connectivity index (χ4v) is 3.80. The van der Waals surface area contributed by atoms with Crippen molar-refractivity contribution in [3.63, 3.8) is 0 Å². The van der Waals surface area contributed by atoms with E-state index >= 15 is 0 Å². The molecule has 144 valence electrons. The van der Waals surface area contributed by atoms with E-state index in [9.17, 15) is 22.4 Å². The van der Waals surface area contributed by atoms with E-state index in [0.29, 0.717) is 25.7 Å². The minimum Gasteiger partial charge on any atom is -0.481 e. The van der Waals surface area contributed by atoms with Gasteiger partial charge in [0.1, 0.15) is 10.7 Å². The van der Waals surface area contributed by atoms with E-state index in [4.69, 9.17) is 5.11 Å². The van der Waals surface area contributed by atoms with Gasteiger partial charge in [0.25, 0.3) is 0 Å². The normalized spacial score (nSPS) is 20.6. The number of benzene rings is 1. The quantitative estimate of drug-likeness (QED) is 0.713. The van der Waals surface area contributed by atoms with Gasteiger partial charge in [0.2, 0.25) is 10.0 Å². The monoisotopic (exact) mass is 387 g/mol. The first-order valence-corrected chi connectivity index (χ1v) is 9.57. The van der Waals surface area contributed by atoms with Crippen molar-refractivity contribution in [2.24, 2.45) is 5.92 Å². The van der Waals surface area contributed by atoms with Gasteiger partial charge in [-0.05, 0) is 43.9 Å². The van der Waals surface area contributed by atoms with Crippen LogP contribution in [0.1, 0.15) is 25.7 Å². The van der Waals surface area contributed by atoms with Crippen molar-refractivity contribution in [3.8, 4) is 0 Å². The van der Waals surface area contributed by atoms with Gasteiger partial charge < -0.3 is 15.7 Å². The van der Waals surface area contributed by atoms with Gasteiger partial charge in [-0.1, -0.05) is 0 Å². The summed E-state index contributed by atoms with van der Waals surface area (Å²) >= 11 is 0. The Hall–Kier alpha value is -2.20. The van der Waals surface area contributed by atoms with Gasteiger partial charge in [0.15, 0.2) is 0 Å². The number of halogens is 1. The molecule has 0 bridgehead atoms. The zero-order valence-corrected chi connectivity index (χ0v) is 15.3. The second-order valence-corrected chi connectivity index (χ2v) is 8.54. The molecule has 1 aromatic rings. The van der Waals surface area contributed by atoms with E-state index in [2.05, 4.69) is 10.6 Å². The minimum atomic E-state index is -3.98. The van der Waals surface area contributed by atoms with Crippen LogP contribution >= 0.6 is 0 Å². The molecule has 0 aromatic heterocycles. The molecular formula is C16H22FN3O5S. The van der Waals surface area contributed by atoms with Gasteiger partial charge >= 0.3 is 12.0 Å². The summed E-state index contributed by atoms with van der Waals surface area (Å²) in [7, 11) is -1.40. The molecule has 2 rings (SSSR count). The number of nitrogens with zero attached hydrogens (tertiary/aromatic N) is 1. The number of carbonyl (C=O) groups is 2. The predicted octanol–water partition coefficient (Wildman–Crippen LogP) is 1.84. The van der Waals surface area contributed by atoms with Crippen molar-refractivity contribution in [1.29, 1.82) is 0 Å². The van der Waals surface area contributed by atoms with Gasteiger partial charge in [0.05, 0.1) is 5.92 Å². The molecule has 0 radical (unpaired) electrons. The number of amides is 2. The first-order valence-electron chi connectivity index (χ1n) is 8.13. The topological polar surface area (TPSA) is 116 Å². The van der Waals surface area contributed by atoms with Crippen LogP contribution in [0.2, 0.25) is 0 Å². The molecular weight excluding hydrogens is 365 g/mol. The van der Waals surface area contributed by atoms with Gasteiger partial charge in [-0.15, -0.1) is 0 Å². The molecule has 1 aliphatic carbocycles.